The van der Waals surface area contributed by atoms with Gasteiger partial charge in [-0.2, -0.15) is 13.5 Å². The van der Waals surface area contributed by atoms with Crippen molar-refractivity contribution in [3.8, 4) is 0 Å². The summed E-state index contributed by atoms with van der Waals surface area (Å²) in [5.74, 6) is 0. The van der Waals surface area contributed by atoms with Crippen LogP contribution in [-0.2, 0) is 4.89 Å². The average Bonchev–Trinajstić information content (AvgIpc) is 1.37. The van der Waals surface area contributed by atoms with Crippen LogP contribution in [0.25, 0.3) is 0 Å². The maximum absolute atomic E-state index is 7.38. The highest BCUT2D eigenvalue weighted by atomic mass is 32.1. The molecule has 0 unspecified atom stereocenters. The molecule has 0 radical (unpaired) electrons. The molecule has 1 N–H and O–H groups in total. The molecule has 0 heterocycles. The monoisotopic (exact) mass is 96.0 g/mol. The van der Waals surface area contributed by atoms with Crippen molar-refractivity contribution in [3.05, 3.63) is 0 Å². The molecular weight excluding hydrogens is 88.1 g/mol. The zero-order valence-electron chi connectivity index (χ0n) is 3.06. The van der Waals surface area contributed by atoms with Gasteiger partial charge in [0.15, 0.2) is 0 Å². The summed E-state index contributed by atoms with van der Waals surface area (Å²) in [4.78, 5) is 3.54. The van der Waals surface area contributed by atoms with Crippen LogP contribution in [0.2, 0.25) is 0 Å². The maximum Gasteiger partial charge on any atom is 0.0791 e. The highest BCUT2D eigenvalue weighted by molar-refractivity contribution is 7.59. The Morgan fingerprint density at radius 1 is 1.80 bits per heavy atom. The zero-order chi connectivity index (χ0) is 3.41. The topological polar surface area (TPSA) is 29.5 Å². The van der Waals surface area contributed by atoms with Crippen molar-refractivity contribution in [2.75, 3.05) is 6.61 Å². The summed E-state index contributed by atoms with van der Waals surface area (Å²) >= 11 is 0. The Kier molecular flexibility index (Phi) is 15.9. The van der Waals surface area contributed by atoms with Gasteiger partial charge in [0, 0.05) is 0 Å². The van der Waals surface area contributed by atoms with Gasteiger partial charge in [-0.3, -0.25) is 5.26 Å². The largest absolute Gasteiger partial charge is 0.252 e. The SMILES string of the molecule is CCOO.S. The standard InChI is InChI=1S/C2H6O2.H2S/c1-2-4-3;/h3H,2H2,1H3;1H2. The first-order valence-corrected chi connectivity index (χ1v) is 1.18. The van der Waals surface area contributed by atoms with Gasteiger partial charge >= 0.3 is 0 Å². The Balaban J connectivity index is 0. The third-order valence-corrected chi connectivity index (χ3v) is 0.129. The van der Waals surface area contributed by atoms with Gasteiger partial charge in [0.1, 0.15) is 0 Å². The molecule has 3 heteroatoms. The number of rotatable bonds is 1. The minimum atomic E-state index is 0. The average molecular weight is 96.2 g/mol. The minimum absolute atomic E-state index is 0. The fraction of sp³-hybridized carbons (Fsp3) is 1.00. The van der Waals surface area contributed by atoms with E-state index >= 15 is 0 Å². The van der Waals surface area contributed by atoms with Gasteiger partial charge in [-0.25, -0.2) is 4.89 Å². The lowest BCUT2D eigenvalue weighted by atomic mass is 10.9. The van der Waals surface area contributed by atoms with E-state index in [1.165, 1.54) is 0 Å². The molecule has 5 heavy (non-hydrogen) atoms. The van der Waals surface area contributed by atoms with Gasteiger partial charge in [-0.1, -0.05) is 0 Å². The van der Waals surface area contributed by atoms with Gasteiger partial charge in [-0.05, 0) is 6.92 Å². The predicted octanol–water partition coefficient (Wildman–Crippen LogP) is 0.609. The van der Waals surface area contributed by atoms with Crippen LogP contribution in [0, 0.1) is 0 Å². The summed E-state index contributed by atoms with van der Waals surface area (Å²) in [5, 5.41) is 7.38. The molecule has 0 aromatic carbocycles. The van der Waals surface area contributed by atoms with E-state index in [0.29, 0.717) is 6.61 Å². The van der Waals surface area contributed by atoms with Crippen LogP contribution in [0.15, 0.2) is 0 Å². The summed E-state index contributed by atoms with van der Waals surface area (Å²) in [6.07, 6.45) is 0. The smallest absolute Gasteiger partial charge is 0.0791 e. The van der Waals surface area contributed by atoms with Crippen molar-refractivity contribution in [1.82, 2.24) is 0 Å². The molecule has 0 atom stereocenters. The fourth-order valence-corrected chi connectivity index (χ4v) is 0. The molecule has 2 nitrogen and oxygen atoms in total. The van der Waals surface area contributed by atoms with E-state index in [4.69, 9.17) is 5.26 Å². The van der Waals surface area contributed by atoms with Gasteiger partial charge in [0.2, 0.25) is 0 Å². The Hall–Kier alpha value is 0.270. The van der Waals surface area contributed by atoms with E-state index in [2.05, 4.69) is 4.89 Å². The van der Waals surface area contributed by atoms with E-state index in [1.807, 2.05) is 0 Å². The maximum atomic E-state index is 7.38. The van der Waals surface area contributed by atoms with E-state index in [-0.39, 0.29) is 13.5 Å². The molecule has 0 bridgehead atoms. The minimum Gasteiger partial charge on any atom is -0.252 e. The molecule has 0 saturated heterocycles. The first-order valence-electron chi connectivity index (χ1n) is 1.18. The second kappa shape index (κ2) is 8.86. The second-order valence-electron chi connectivity index (χ2n) is 0.418. The molecule has 0 aliphatic carbocycles. The van der Waals surface area contributed by atoms with Crippen molar-refractivity contribution in [2.24, 2.45) is 0 Å². The number of hydrogen-bond acceptors (Lipinski definition) is 2. The van der Waals surface area contributed by atoms with Gasteiger partial charge in [-0.15, -0.1) is 0 Å². The molecule has 0 aromatic rings. The van der Waals surface area contributed by atoms with Gasteiger partial charge in [0.25, 0.3) is 0 Å². The summed E-state index contributed by atoms with van der Waals surface area (Å²) in [5.41, 5.74) is 0. The van der Waals surface area contributed by atoms with Crippen molar-refractivity contribution < 1.29 is 10.1 Å². The Morgan fingerprint density at radius 3 is 2.00 bits per heavy atom. The molecule has 0 aliphatic rings. The van der Waals surface area contributed by atoms with Crippen LogP contribution in [0.4, 0.5) is 0 Å². The molecule has 0 aromatic heterocycles. The Labute approximate surface area is 38.1 Å². The molecule has 34 valence electrons. The van der Waals surface area contributed by atoms with Crippen LogP contribution in [0.1, 0.15) is 6.92 Å². The van der Waals surface area contributed by atoms with E-state index in [1.54, 1.807) is 6.92 Å². The molecule has 0 fully saturated rings. The lowest BCUT2D eigenvalue weighted by Gasteiger charge is -1.73. The lowest BCUT2D eigenvalue weighted by Crippen LogP contribution is -1.74. The van der Waals surface area contributed by atoms with Crippen molar-refractivity contribution >= 4 is 13.5 Å². The van der Waals surface area contributed by atoms with E-state index < -0.39 is 0 Å². The highest BCUT2D eigenvalue weighted by Gasteiger charge is 1.54. The third kappa shape index (κ3) is 13.6. The van der Waals surface area contributed by atoms with Gasteiger partial charge < -0.3 is 0 Å². The van der Waals surface area contributed by atoms with E-state index in [0.717, 1.165) is 0 Å². The highest BCUT2D eigenvalue weighted by Crippen LogP contribution is 1.51. The predicted molar refractivity (Wildman–Crippen MR) is 24.6 cm³/mol. The molecular formula is C2H8O2S. The van der Waals surface area contributed by atoms with E-state index in [9.17, 15) is 0 Å². The summed E-state index contributed by atoms with van der Waals surface area (Å²) < 4.78 is 0. The van der Waals surface area contributed by atoms with Crippen LogP contribution in [-0.4, -0.2) is 11.9 Å². The van der Waals surface area contributed by atoms with Crippen molar-refractivity contribution in [2.45, 2.75) is 6.92 Å². The second-order valence-corrected chi connectivity index (χ2v) is 0.418. The quantitative estimate of drug-likeness (QED) is 0.383. The van der Waals surface area contributed by atoms with Crippen LogP contribution in [0.5, 0.6) is 0 Å². The fourth-order valence-electron chi connectivity index (χ4n) is 0. The van der Waals surface area contributed by atoms with Crippen LogP contribution >= 0.6 is 13.5 Å². The lowest BCUT2D eigenvalue weighted by molar-refractivity contribution is -0.237. The Bertz CT molecular complexity index is 9.61. The first-order chi connectivity index (χ1) is 1.91. The molecule has 0 rings (SSSR count). The zero-order valence-corrected chi connectivity index (χ0v) is 4.06. The molecule has 0 amide bonds. The summed E-state index contributed by atoms with van der Waals surface area (Å²) in [7, 11) is 0. The van der Waals surface area contributed by atoms with Crippen LogP contribution in [0.3, 0.4) is 0 Å². The van der Waals surface area contributed by atoms with Crippen LogP contribution < -0.4 is 0 Å². The van der Waals surface area contributed by atoms with Gasteiger partial charge in [0.05, 0.1) is 6.61 Å². The first kappa shape index (κ1) is 8.99. The third-order valence-electron chi connectivity index (χ3n) is 0.129. The normalized spacial score (nSPS) is 6.00. The van der Waals surface area contributed by atoms with Crippen molar-refractivity contribution in [3.63, 3.8) is 0 Å². The summed E-state index contributed by atoms with van der Waals surface area (Å²) in [6.45, 7) is 2.08. The molecule has 0 saturated carbocycles. The van der Waals surface area contributed by atoms with Crippen molar-refractivity contribution in [1.29, 1.82) is 0 Å². The Morgan fingerprint density at radius 2 is 2.00 bits per heavy atom. The molecule has 0 aliphatic heterocycles. The molecule has 0 spiro atoms. The summed E-state index contributed by atoms with van der Waals surface area (Å²) in [6, 6.07) is 0. The number of hydrogen-bond donors (Lipinski definition) is 1.